The molecule has 0 unspecified atom stereocenters. The van der Waals surface area contributed by atoms with Crippen LogP contribution in [0.2, 0.25) is 0 Å². The van der Waals surface area contributed by atoms with Gasteiger partial charge in [-0.05, 0) is 36.5 Å². The summed E-state index contributed by atoms with van der Waals surface area (Å²) in [5.74, 6) is 2.33. The normalized spacial score (nSPS) is 14.3. The SMILES string of the molecule is CC(C)c1noc(Cc2ccc(NC(=O)CC3CC3)cc2)n1. The molecule has 2 aromatic rings. The van der Waals surface area contributed by atoms with Crippen LogP contribution in [0.25, 0.3) is 0 Å². The van der Waals surface area contributed by atoms with Crippen LogP contribution >= 0.6 is 0 Å². The molecular weight excluding hydrogens is 278 g/mol. The van der Waals surface area contributed by atoms with Crippen molar-refractivity contribution in [2.75, 3.05) is 5.32 Å². The molecule has 0 saturated heterocycles. The smallest absolute Gasteiger partial charge is 0.231 e. The molecule has 1 aliphatic carbocycles. The highest BCUT2D eigenvalue weighted by Crippen LogP contribution is 2.32. The minimum Gasteiger partial charge on any atom is -0.339 e. The predicted octanol–water partition coefficient (Wildman–Crippen LogP) is 3.52. The Morgan fingerprint density at radius 3 is 2.64 bits per heavy atom. The highest BCUT2D eigenvalue weighted by molar-refractivity contribution is 5.91. The van der Waals surface area contributed by atoms with Gasteiger partial charge in [0, 0.05) is 18.0 Å². The van der Waals surface area contributed by atoms with E-state index in [4.69, 9.17) is 4.52 Å². The predicted molar refractivity (Wildman–Crippen MR) is 83.6 cm³/mol. The van der Waals surface area contributed by atoms with Crippen molar-refractivity contribution >= 4 is 11.6 Å². The lowest BCUT2D eigenvalue weighted by Gasteiger charge is -2.05. The first-order valence-electron chi connectivity index (χ1n) is 7.81. The zero-order valence-corrected chi connectivity index (χ0v) is 13.0. The maximum atomic E-state index is 11.8. The number of carbonyl (C=O) groups excluding carboxylic acids is 1. The van der Waals surface area contributed by atoms with Crippen LogP contribution in [0.15, 0.2) is 28.8 Å². The lowest BCUT2D eigenvalue weighted by Crippen LogP contribution is -2.11. The summed E-state index contributed by atoms with van der Waals surface area (Å²) >= 11 is 0. The van der Waals surface area contributed by atoms with Gasteiger partial charge in [-0.25, -0.2) is 0 Å². The topological polar surface area (TPSA) is 68.0 Å². The monoisotopic (exact) mass is 299 g/mol. The Hall–Kier alpha value is -2.17. The van der Waals surface area contributed by atoms with Crippen LogP contribution in [0, 0.1) is 5.92 Å². The molecule has 1 saturated carbocycles. The molecule has 1 aromatic heterocycles. The first-order chi connectivity index (χ1) is 10.6. The largest absolute Gasteiger partial charge is 0.339 e. The molecule has 0 bridgehead atoms. The van der Waals surface area contributed by atoms with Gasteiger partial charge in [-0.3, -0.25) is 4.79 Å². The maximum Gasteiger partial charge on any atom is 0.231 e. The van der Waals surface area contributed by atoms with Crippen LogP contribution in [-0.2, 0) is 11.2 Å². The standard InChI is InChI=1S/C17H21N3O2/c1-11(2)17-19-16(22-20-17)10-13-5-7-14(8-6-13)18-15(21)9-12-3-4-12/h5-8,11-12H,3-4,9-10H2,1-2H3,(H,18,21). The second-order valence-electron chi connectivity index (χ2n) is 6.27. The first kappa shape index (κ1) is 14.8. The molecule has 5 heteroatoms. The Kier molecular flexibility index (Phi) is 4.22. The van der Waals surface area contributed by atoms with Gasteiger partial charge in [0.1, 0.15) is 0 Å². The van der Waals surface area contributed by atoms with Crippen molar-refractivity contribution in [2.24, 2.45) is 5.92 Å². The third kappa shape index (κ3) is 3.93. The fraction of sp³-hybridized carbons (Fsp3) is 0.471. The van der Waals surface area contributed by atoms with Crippen LogP contribution in [0.4, 0.5) is 5.69 Å². The number of aromatic nitrogens is 2. The van der Waals surface area contributed by atoms with Gasteiger partial charge in [0.2, 0.25) is 11.8 Å². The molecule has 5 nitrogen and oxygen atoms in total. The molecule has 1 fully saturated rings. The summed E-state index contributed by atoms with van der Waals surface area (Å²) in [7, 11) is 0. The highest BCUT2D eigenvalue weighted by atomic mass is 16.5. The fourth-order valence-corrected chi connectivity index (χ4v) is 2.25. The minimum absolute atomic E-state index is 0.105. The number of hydrogen-bond donors (Lipinski definition) is 1. The van der Waals surface area contributed by atoms with Crippen molar-refractivity contribution in [3.05, 3.63) is 41.5 Å². The Morgan fingerprint density at radius 2 is 2.05 bits per heavy atom. The van der Waals surface area contributed by atoms with E-state index in [2.05, 4.69) is 15.5 Å². The maximum absolute atomic E-state index is 11.8. The molecule has 0 atom stereocenters. The summed E-state index contributed by atoms with van der Waals surface area (Å²) in [6.45, 7) is 4.07. The molecule has 0 radical (unpaired) electrons. The van der Waals surface area contributed by atoms with Crippen molar-refractivity contribution in [2.45, 2.75) is 45.4 Å². The quantitative estimate of drug-likeness (QED) is 0.886. The van der Waals surface area contributed by atoms with E-state index >= 15 is 0 Å². The number of nitrogens with zero attached hydrogens (tertiary/aromatic N) is 2. The van der Waals surface area contributed by atoms with Crippen molar-refractivity contribution in [1.29, 1.82) is 0 Å². The van der Waals surface area contributed by atoms with Crippen LogP contribution in [-0.4, -0.2) is 16.0 Å². The van der Waals surface area contributed by atoms with Crippen molar-refractivity contribution in [3.8, 4) is 0 Å². The lowest BCUT2D eigenvalue weighted by molar-refractivity contribution is -0.116. The van der Waals surface area contributed by atoms with Crippen molar-refractivity contribution < 1.29 is 9.32 Å². The Balaban J connectivity index is 1.57. The van der Waals surface area contributed by atoms with Crippen molar-refractivity contribution in [3.63, 3.8) is 0 Å². The van der Waals surface area contributed by atoms with Gasteiger partial charge >= 0.3 is 0 Å². The average Bonchev–Trinajstić information content (AvgIpc) is 3.16. The van der Waals surface area contributed by atoms with E-state index in [1.807, 2.05) is 38.1 Å². The number of benzene rings is 1. The summed E-state index contributed by atoms with van der Waals surface area (Å²) in [5.41, 5.74) is 1.92. The summed E-state index contributed by atoms with van der Waals surface area (Å²) in [6, 6.07) is 7.79. The molecule has 3 rings (SSSR count). The number of nitrogens with one attached hydrogen (secondary N) is 1. The van der Waals surface area contributed by atoms with Gasteiger partial charge in [0.25, 0.3) is 0 Å². The molecule has 1 N–H and O–H groups in total. The van der Waals surface area contributed by atoms with Gasteiger partial charge in [0.05, 0.1) is 6.42 Å². The molecule has 1 aliphatic rings. The van der Waals surface area contributed by atoms with Gasteiger partial charge in [-0.2, -0.15) is 4.98 Å². The molecule has 0 aliphatic heterocycles. The molecular formula is C17H21N3O2. The van der Waals surface area contributed by atoms with Crippen molar-refractivity contribution in [1.82, 2.24) is 10.1 Å². The zero-order valence-electron chi connectivity index (χ0n) is 13.0. The van der Waals surface area contributed by atoms with Crippen LogP contribution in [0.1, 0.15) is 56.3 Å². The van der Waals surface area contributed by atoms with E-state index < -0.39 is 0 Å². The van der Waals surface area contributed by atoms with E-state index in [-0.39, 0.29) is 11.8 Å². The molecule has 1 aromatic carbocycles. The number of carbonyl (C=O) groups is 1. The molecule has 116 valence electrons. The number of amides is 1. The highest BCUT2D eigenvalue weighted by Gasteiger charge is 2.24. The molecule has 1 amide bonds. The van der Waals surface area contributed by atoms with Crippen LogP contribution in [0.5, 0.6) is 0 Å². The van der Waals surface area contributed by atoms with E-state index in [0.29, 0.717) is 24.7 Å². The van der Waals surface area contributed by atoms with Gasteiger partial charge < -0.3 is 9.84 Å². The van der Waals surface area contributed by atoms with Gasteiger partial charge in [-0.1, -0.05) is 31.1 Å². The third-order valence-corrected chi connectivity index (χ3v) is 3.76. The minimum atomic E-state index is 0.105. The number of anilines is 1. The number of hydrogen-bond acceptors (Lipinski definition) is 4. The fourth-order valence-electron chi connectivity index (χ4n) is 2.25. The number of rotatable bonds is 6. The summed E-state index contributed by atoms with van der Waals surface area (Å²) in [4.78, 5) is 16.1. The van der Waals surface area contributed by atoms with Gasteiger partial charge in [0.15, 0.2) is 5.82 Å². The van der Waals surface area contributed by atoms with E-state index in [0.717, 1.165) is 17.1 Å². The second kappa shape index (κ2) is 6.30. The first-order valence-corrected chi connectivity index (χ1v) is 7.81. The Bertz CT molecular complexity index is 642. The van der Waals surface area contributed by atoms with Crippen LogP contribution < -0.4 is 5.32 Å². The third-order valence-electron chi connectivity index (χ3n) is 3.76. The van der Waals surface area contributed by atoms with E-state index in [9.17, 15) is 4.79 Å². The summed E-state index contributed by atoms with van der Waals surface area (Å²) in [6.07, 6.45) is 3.63. The molecule has 0 spiro atoms. The summed E-state index contributed by atoms with van der Waals surface area (Å²) in [5, 5.41) is 6.89. The average molecular weight is 299 g/mol. The van der Waals surface area contributed by atoms with Gasteiger partial charge in [-0.15, -0.1) is 0 Å². The lowest BCUT2D eigenvalue weighted by atomic mass is 10.1. The van der Waals surface area contributed by atoms with E-state index in [1.54, 1.807) is 0 Å². The zero-order chi connectivity index (χ0) is 15.5. The Labute approximate surface area is 130 Å². The molecule has 1 heterocycles. The molecule has 22 heavy (non-hydrogen) atoms. The Morgan fingerprint density at radius 1 is 1.32 bits per heavy atom. The van der Waals surface area contributed by atoms with Crippen LogP contribution in [0.3, 0.4) is 0 Å². The van der Waals surface area contributed by atoms with E-state index in [1.165, 1.54) is 12.8 Å². The second-order valence-corrected chi connectivity index (χ2v) is 6.27. The summed E-state index contributed by atoms with van der Waals surface area (Å²) < 4.78 is 5.24.